The van der Waals surface area contributed by atoms with Gasteiger partial charge in [0.15, 0.2) is 5.65 Å². The van der Waals surface area contributed by atoms with Gasteiger partial charge < -0.3 is 15.8 Å². The molecule has 2 aromatic heterocycles. The maximum Gasteiger partial charge on any atom is 0.256 e. The van der Waals surface area contributed by atoms with Gasteiger partial charge in [0, 0.05) is 11.4 Å². The number of methoxy groups -OCH3 is 1. The van der Waals surface area contributed by atoms with Crippen LogP contribution in [0.1, 0.15) is 42.4 Å². The average molecular weight is 426 g/mol. The minimum Gasteiger partial charge on any atom is -0.495 e. The predicted molar refractivity (Wildman–Crippen MR) is 117 cm³/mol. The Labute approximate surface area is 176 Å². The zero-order chi connectivity index (χ0) is 18.8. The molecule has 1 unspecified atom stereocenters. The van der Waals surface area contributed by atoms with Gasteiger partial charge in [-0.3, -0.25) is 4.79 Å². The fraction of sp³-hybridized carbons (Fsp3) is 0.316. The third kappa shape index (κ3) is 4.48. The minimum atomic E-state index is -0.228. The summed E-state index contributed by atoms with van der Waals surface area (Å²) in [4.78, 5) is 17.4. The maximum absolute atomic E-state index is 12.8. The van der Waals surface area contributed by atoms with Crippen molar-refractivity contribution in [3.05, 3.63) is 41.7 Å². The Morgan fingerprint density at radius 3 is 2.64 bits per heavy atom. The van der Waals surface area contributed by atoms with Gasteiger partial charge >= 0.3 is 0 Å². The van der Waals surface area contributed by atoms with Crippen molar-refractivity contribution in [2.75, 3.05) is 18.2 Å². The first-order valence-electron chi connectivity index (χ1n) is 8.54. The van der Waals surface area contributed by atoms with E-state index in [1.807, 2.05) is 11.6 Å². The molecule has 0 bridgehead atoms. The molecule has 0 saturated carbocycles. The molecule has 9 heteroatoms. The van der Waals surface area contributed by atoms with Crippen LogP contribution in [0.3, 0.4) is 0 Å². The van der Waals surface area contributed by atoms with Crippen molar-refractivity contribution in [1.29, 1.82) is 0 Å². The van der Waals surface area contributed by atoms with Crippen molar-refractivity contribution >= 4 is 53.1 Å². The van der Waals surface area contributed by atoms with Gasteiger partial charge in [0.2, 0.25) is 0 Å². The topological polar surface area (TPSA) is 95.1 Å². The van der Waals surface area contributed by atoms with Crippen LogP contribution in [0, 0.1) is 6.92 Å². The molecule has 3 N–H and O–H groups in total. The summed E-state index contributed by atoms with van der Waals surface area (Å²) in [5.74, 6) is 0.341. The van der Waals surface area contributed by atoms with Crippen LogP contribution in [-0.4, -0.2) is 27.8 Å². The number of carbonyl (C=O) groups excluding carboxylic acids is 1. The normalized spacial score (nSPS) is 11.3. The minimum absolute atomic E-state index is 0. The van der Waals surface area contributed by atoms with E-state index >= 15 is 0 Å². The standard InChI is InChI=1S/C19H23N5O2.2ClH/c1-5-12(3)24-18-15(10-21-24)14(8-11(2)22-18)19(25)23-13-6-7-17(26-4)16(20)9-13;;/h6-10,12H,5,20H2,1-4H3,(H,23,25);2*1H. The summed E-state index contributed by atoms with van der Waals surface area (Å²) >= 11 is 0. The van der Waals surface area contributed by atoms with Gasteiger partial charge in [-0.2, -0.15) is 5.10 Å². The van der Waals surface area contributed by atoms with Crippen LogP contribution >= 0.6 is 24.8 Å². The number of nitrogen functional groups attached to an aromatic ring is 1. The SMILES string of the molecule is CCC(C)n1ncc2c(C(=O)Nc3ccc(OC)c(N)c3)cc(C)nc21.Cl.Cl. The molecule has 0 fully saturated rings. The van der Waals surface area contributed by atoms with Crippen LogP contribution in [-0.2, 0) is 0 Å². The molecule has 28 heavy (non-hydrogen) atoms. The number of ether oxygens (including phenoxy) is 1. The third-order valence-electron chi connectivity index (χ3n) is 4.44. The molecule has 0 aliphatic rings. The lowest BCUT2D eigenvalue weighted by molar-refractivity contribution is 0.102. The lowest BCUT2D eigenvalue weighted by Crippen LogP contribution is -2.14. The number of hydrogen-bond acceptors (Lipinski definition) is 5. The number of benzene rings is 1. The quantitative estimate of drug-likeness (QED) is 0.590. The first-order chi connectivity index (χ1) is 12.4. The van der Waals surface area contributed by atoms with E-state index in [0.717, 1.165) is 23.1 Å². The highest BCUT2D eigenvalue weighted by atomic mass is 35.5. The highest BCUT2D eigenvalue weighted by Gasteiger charge is 2.18. The molecule has 152 valence electrons. The Morgan fingerprint density at radius 1 is 1.32 bits per heavy atom. The van der Waals surface area contributed by atoms with Crippen LogP contribution in [0.25, 0.3) is 11.0 Å². The first-order valence-corrected chi connectivity index (χ1v) is 8.54. The zero-order valence-corrected chi connectivity index (χ0v) is 17.9. The number of hydrogen-bond donors (Lipinski definition) is 2. The van der Waals surface area contributed by atoms with E-state index in [0.29, 0.717) is 22.7 Å². The van der Waals surface area contributed by atoms with Crippen molar-refractivity contribution in [2.24, 2.45) is 0 Å². The summed E-state index contributed by atoms with van der Waals surface area (Å²) in [6.45, 7) is 6.04. The van der Waals surface area contributed by atoms with Crippen molar-refractivity contribution in [3.63, 3.8) is 0 Å². The van der Waals surface area contributed by atoms with E-state index in [1.165, 1.54) is 0 Å². The van der Waals surface area contributed by atoms with E-state index in [-0.39, 0.29) is 36.8 Å². The smallest absolute Gasteiger partial charge is 0.256 e. The van der Waals surface area contributed by atoms with E-state index in [9.17, 15) is 4.79 Å². The number of amides is 1. The molecule has 1 atom stereocenters. The Hall–Kier alpha value is -2.51. The molecule has 0 aliphatic heterocycles. The Morgan fingerprint density at radius 2 is 2.04 bits per heavy atom. The molecule has 1 amide bonds. The molecular weight excluding hydrogens is 401 g/mol. The summed E-state index contributed by atoms with van der Waals surface area (Å²) in [6, 6.07) is 7.12. The Balaban J connectivity index is 0.00000196. The van der Waals surface area contributed by atoms with Gasteiger partial charge in [-0.25, -0.2) is 9.67 Å². The molecule has 3 rings (SSSR count). The highest BCUT2D eigenvalue weighted by molar-refractivity contribution is 6.12. The number of aryl methyl sites for hydroxylation is 1. The fourth-order valence-corrected chi connectivity index (χ4v) is 2.84. The van der Waals surface area contributed by atoms with Gasteiger partial charge in [-0.1, -0.05) is 6.92 Å². The molecule has 2 heterocycles. The number of fused-ring (bicyclic) bond motifs is 1. The molecule has 0 spiro atoms. The van der Waals surface area contributed by atoms with E-state index in [1.54, 1.807) is 37.6 Å². The van der Waals surface area contributed by atoms with Crippen LogP contribution in [0.15, 0.2) is 30.5 Å². The van der Waals surface area contributed by atoms with Crippen LogP contribution in [0.5, 0.6) is 5.75 Å². The molecule has 0 aliphatic carbocycles. The number of aromatic nitrogens is 3. The van der Waals surface area contributed by atoms with Gasteiger partial charge in [0.1, 0.15) is 5.75 Å². The lowest BCUT2D eigenvalue weighted by Gasteiger charge is -2.12. The van der Waals surface area contributed by atoms with Crippen molar-refractivity contribution in [3.8, 4) is 5.75 Å². The highest BCUT2D eigenvalue weighted by Crippen LogP contribution is 2.26. The number of anilines is 2. The number of carbonyl (C=O) groups is 1. The summed E-state index contributed by atoms with van der Waals surface area (Å²) in [6.07, 6.45) is 2.63. The zero-order valence-electron chi connectivity index (χ0n) is 16.2. The molecular formula is C19H25Cl2N5O2. The number of pyridine rings is 1. The number of nitrogens with two attached hydrogens (primary N) is 1. The van der Waals surface area contributed by atoms with E-state index < -0.39 is 0 Å². The predicted octanol–water partition coefficient (Wildman–Crippen LogP) is 4.40. The molecule has 7 nitrogen and oxygen atoms in total. The van der Waals surface area contributed by atoms with Gasteiger partial charge in [-0.15, -0.1) is 24.8 Å². The van der Waals surface area contributed by atoms with Crippen LogP contribution in [0.4, 0.5) is 11.4 Å². The van der Waals surface area contributed by atoms with Gasteiger partial charge in [0.25, 0.3) is 5.91 Å². The fourth-order valence-electron chi connectivity index (χ4n) is 2.84. The Kier molecular flexibility index (Phi) is 8.08. The largest absolute Gasteiger partial charge is 0.495 e. The Bertz CT molecular complexity index is 974. The second kappa shape index (κ2) is 9.61. The lowest BCUT2D eigenvalue weighted by atomic mass is 10.1. The summed E-state index contributed by atoms with van der Waals surface area (Å²) < 4.78 is 7.01. The molecule has 0 radical (unpaired) electrons. The summed E-state index contributed by atoms with van der Waals surface area (Å²) in [7, 11) is 1.55. The van der Waals surface area contributed by atoms with Crippen molar-refractivity contribution in [1.82, 2.24) is 14.8 Å². The van der Waals surface area contributed by atoms with Crippen molar-refractivity contribution in [2.45, 2.75) is 33.2 Å². The monoisotopic (exact) mass is 425 g/mol. The first kappa shape index (κ1) is 23.5. The second-order valence-electron chi connectivity index (χ2n) is 6.31. The summed E-state index contributed by atoms with van der Waals surface area (Å²) in [5.41, 5.74) is 9.00. The van der Waals surface area contributed by atoms with Crippen LogP contribution in [0.2, 0.25) is 0 Å². The van der Waals surface area contributed by atoms with E-state index in [4.69, 9.17) is 10.5 Å². The number of nitrogens with zero attached hydrogens (tertiary/aromatic N) is 3. The van der Waals surface area contributed by atoms with Crippen LogP contribution < -0.4 is 15.8 Å². The number of nitrogens with one attached hydrogen (secondary N) is 1. The summed E-state index contributed by atoms with van der Waals surface area (Å²) in [5, 5.41) is 8.05. The third-order valence-corrected chi connectivity index (χ3v) is 4.44. The van der Waals surface area contributed by atoms with Gasteiger partial charge in [0.05, 0.1) is 36.0 Å². The van der Waals surface area contributed by atoms with Gasteiger partial charge in [-0.05, 0) is 44.5 Å². The molecule has 1 aromatic carbocycles. The number of rotatable bonds is 5. The second-order valence-corrected chi connectivity index (χ2v) is 6.31. The maximum atomic E-state index is 12.8. The number of halogens is 2. The van der Waals surface area contributed by atoms with E-state index in [2.05, 4.69) is 29.2 Å². The average Bonchev–Trinajstić information content (AvgIpc) is 3.04. The molecule has 0 saturated heterocycles. The van der Waals surface area contributed by atoms with Crippen molar-refractivity contribution < 1.29 is 9.53 Å². The molecule has 3 aromatic rings.